The molecule has 0 aliphatic heterocycles. The van der Waals surface area contributed by atoms with Crippen LogP contribution in [0.1, 0.15) is 22.8 Å². The fraction of sp³-hybridized carbons (Fsp3) is 0.333. The van der Waals surface area contributed by atoms with Crippen LogP contribution in [0.4, 0.5) is 0 Å². The molecule has 0 saturated carbocycles. The second kappa shape index (κ2) is 10.8. The molecule has 2 rings (SSSR count). The monoisotopic (exact) mass is 387 g/mol. The van der Waals surface area contributed by atoms with Gasteiger partial charge in [-0.05, 0) is 50.2 Å². The van der Waals surface area contributed by atoms with Crippen molar-refractivity contribution in [1.29, 1.82) is 0 Å². The van der Waals surface area contributed by atoms with Gasteiger partial charge in [0.1, 0.15) is 29.4 Å². The molecule has 0 fully saturated rings. The van der Waals surface area contributed by atoms with Gasteiger partial charge in [0.05, 0.1) is 20.3 Å². The molecule has 0 bridgehead atoms. The summed E-state index contributed by atoms with van der Waals surface area (Å²) in [7, 11) is 1.47. The molecule has 150 valence electrons. The molecule has 0 aromatic heterocycles. The van der Waals surface area contributed by atoms with Gasteiger partial charge in [-0.3, -0.25) is 4.79 Å². The first kappa shape index (κ1) is 21.1. The quantitative estimate of drug-likeness (QED) is 0.499. The van der Waals surface area contributed by atoms with E-state index in [9.17, 15) is 9.59 Å². The number of benzene rings is 2. The molecule has 0 atom stereocenters. The summed E-state index contributed by atoms with van der Waals surface area (Å²) < 4.78 is 21.1. The Morgan fingerprint density at radius 1 is 1.00 bits per heavy atom. The molecule has 0 aliphatic rings. The maximum absolute atomic E-state index is 12.2. The third-order valence-electron chi connectivity index (χ3n) is 3.74. The first-order valence-electron chi connectivity index (χ1n) is 8.97. The van der Waals surface area contributed by atoms with Crippen molar-refractivity contribution in [3.05, 3.63) is 53.6 Å². The number of carbonyl (C=O) groups is 2. The summed E-state index contributed by atoms with van der Waals surface area (Å²) in [4.78, 5) is 24.0. The second-order valence-corrected chi connectivity index (χ2v) is 5.88. The van der Waals surface area contributed by atoms with Gasteiger partial charge in [-0.1, -0.05) is 11.6 Å². The first-order valence-corrected chi connectivity index (χ1v) is 8.97. The van der Waals surface area contributed by atoms with Gasteiger partial charge in [-0.15, -0.1) is 0 Å². The molecule has 0 spiro atoms. The summed E-state index contributed by atoms with van der Waals surface area (Å²) in [6, 6.07) is 12.4. The normalized spacial score (nSPS) is 10.1. The van der Waals surface area contributed by atoms with E-state index in [1.54, 1.807) is 24.3 Å². The van der Waals surface area contributed by atoms with Crippen LogP contribution in [0.25, 0.3) is 0 Å². The minimum Gasteiger partial charge on any atom is -0.496 e. The number of nitrogens with one attached hydrogen (secondary N) is 1. The first-order chi connectivity index (χ1) is 13.5. The van der Waals surface area contributed by atoms with E-state index < -0.39 is 11.9 Å². The van der Waals surface area contributed by atoms with Gasteiger partial charge in [-0.2, -0.15) is 0 Å². The van der Waals surface area contributed by atoms with E-state index in [0.717, 1.165) is 11.3 Å². The molecule has 2 aromatic rings. The van der Waals surface area contributed by atoms with Crippen LogP contribution in [0.15, 0.2) is 42.5 Å². The van der Waals surface area contributed by atoms with Gasteiger partial charge in [0.25, 0.3) is 5.91 Å². The van der Waals surface area contributed by atoms with Gasteiger partial charge in [0.2, 0.25) is 0 Å². The summed E-state index contributed by atoms with van der Waals surface area (Å²) in [5.74, 6) is 0.835. The zero-order valence-electron chi connectivity index (χ0n) is 16.3. The Hall–Kier alpha value is -3.22. The highest BCUT2D eigenvalue weighted by molar-refractivity contribution is 5.94. The van der Waals surface area contributed by atoms with Crippen LogP contribution in [-0.4, -0.2) is 45.4 Å². The van der Waals surface area contributed by atoms with Crippen molar-refractivity contribution in [2.45, 2.75) is 13.8 Å². The summed E-state index contributed by atoms with van der Waals surface area (Å²) in [5, 5.41) is 2.63. The van der Waals surface area contributed by atoms with Crippen molar-refractivity contribution in [2.24, 2.45) is 0 Å². The van der Waals surface area contributed by atoms with E-state index in [1.165, 1.54) is 7.11 Å². The minimum absolute atomic E-state index is 0.286. The molecular formula is C21H25NO6. The van der Waals surface area contributed by atoms with Gasteiger partial charge in [0, 0.05) is 0 Å². The topological polar surface area (TPSA) is 83.1 Å². The number of hydrogen-bond acceptors (Lipinski definition) is 6. The molecule has 0 unspecified atom stereocenters. The van der Waals surface area contributed by atoms with Gasteiger partial charge in [-0.25, -0.2) is 4.79 Å². The summed E-state index contributed by atoms with van der Waals surface area (Å²) in [5.41, 5.74) is 1.18. The van der Waals surface area contributed by atoms with Crippen molar-refractivity contribution < 1.29 is 28.5 Å². The Kier molecular flexibility index (Phi) is 8.14. The van der Waals surface area contributed by atoms with Crippen molar-refractivity contribution >= 4 is 11.9 Å². The smallest absolute Gasteiger partial charge is 0.342 e. The SMILES string of the molecule is CCOc1ccc(OCCNC(=O)COC(=O)c2cc(C)ccc2OC)cc1. The van der Waals surface area contributed by atoms with E-state index in [-0.39, 0.29) is 18.7 Å². The lowest BCUT2D eigenvalue weighted by molar-refractivity contribution is -0.124. The Morgan fingerprint density at radius 2 is 1.68 bits per heavy atom. The average Bonchev–Trinajstić information content (AvgIpc) is 2.70. The van der Waals surface area contributed by atoms with E-state index in [2.05, 4.69) is 5.32 Å². The van der Waals surface area contributed by atoms with Gasteiger partial charge in [0.15, 0.2) is 6.61 Å². The predicted molar refractivity (Wildman–Crippen MR) is 104 cm³/mol. The highest BCUT2D eigenvalue weighted by Gasteiger charge is 2.15. The van der Waals surface area contributed by atoms with Crippen LogP contribution >= 0.6 is 0 Å². The van der Waals surface area contributed by atoms with E-state index in [4.69, 9.17) is 18.9 Å². The van der Waals surface area contributed by atoms with Crippen molar-refractivity contribution in [3.8, 4) is 17.2 Å². The average molecular weight is 387 g/mol. The number of methoxy groups -OCH3 is 1. The number of hydrogen-bond donors (Lipinski definition) is 1. The molecule has 0 saturated heterocycles. The number of ether oxygens (including phenoxy) is 4. The lowest BCUT2D eigenvalue weighted by Crippen LogP contribution is -2.32. The molecule has 0 heterocycles. The highest BCUT2D eigenvalue weighted by Crippen LogP contribution is 2.20. The molecule has 7 heteroatoms. The molecule has 1 amide bonds. The summed E-state index contributed by atoms with van der Waals surface area (Å²) >= 11 is 0. The second-order valence-electron chi connectivity index (χ2n) is 5.88. The van der Waals surface area contributed by atoms with Crippen molar-refractivity contribution in [2.75, 3.05) is 33.5 Å². The third-order valence-corrected chi connectivity index (χ3v) is 3.74. The van der Waals surface area contributed by atoms with Crippen LogP contribution < -0.4 is 19.5 Å². The Bertz CT molecular complexity index is 788. The Labute approximate surface area is 164 Å². The van der Waals surface area contributed by atoms with E-state index in [1.807, 2.05) is 32.0 Å². The molecule has 28 heavy (non-hydrogen) atoms. The van der Waals surface area contributed by atoms with E-state index >= 15 is 0 Å². The van der Waals surface area contributed by atoms with Crippen molar-refractivity contribution in [3.63, 3.8) is 0 Å². The fourth-order valence-electron chi connectivity index (χ4n) is 2.40. The van der Waals surface area contributed by atoms with Crippen LogP contribution in [0.3, 0.4) is 0 Å². The third kappa shape index (κ3) is 6.50. The maximum atomic E-state index is 12.2. The van der Waals surface area contributed by atoms with Crippen LogP contribution in [0, 0.1) is 6.92 Å². The lowest BCUT2D eigenvalue weighted by Gasteiger charge is -2.10. The summed E-state index contributed by atoms with van der Waals surface area (Å²) in [6.45, 7) is 4.58. The molecule has 2 aromatic carbocycles. The number of rotatable bonds is 10. The van der Waals surface area contributed by atoms with Gasteiger partial charge < -0.3 is 24.3 Å². The van der Waals surface area contributed by atoms with Crippen LogP contribution in [-0.2, 0) is 9.53 Å². The van der Waals surface area contributed by atoms with Crippen LogP contribution in [0.5, 0.6) is 17.2 Å². The highest BCUT2D eigenvalue weighted by atomic mass is 16.5. The Balaban J connectivity index is 1.70. The standard InChI is InChI=1S/C21H25NO6/c1-4-26-16-6-8-17(9-7-16)27-12-11-22-20(23)14-28-21(24)18-13-15(2)5-10-19(18)25-3/h5-10,13H,4,11-12,14H2,1-3H3,(H,22,23). The minimum atomic E-state index is -0.610. The molecule has 1 N–H and O–H groups in total. The van der Waals surface area contributed by atoms with Crippen LogP contribution in [0.2, 0.25) is 0 Å². The van der Waals surface area contributed by atoms with Crippen molar-refractivity contribution in [1.82, 2.24) is 5.32 Å². The number of amides is 1. The maximum Gasteiger partial charge on any atom is 0.342 e. The largest absolute Gasteiger partial charge is 0.496 e. The van der Waals surface area contributed by atoms with E-state index in [0.29, 0.717) is 24.7 Å². The number of esters is 1. The molecular weight excluding hydrogens is 362 g/mol. The fourth-order valence-corrected chi connectivity index (χ4v) is 2.40. The summed E-state index contributed by atoms with van der Waals surface area (Å²) in [6.07, 6.45) is 0. The number of aryl methyl sites for hydroxylation is 1. The zero-order valence-corrected chi connectivity index (χ0v) is 16.3. The lowest BCUT2D eigenvalue weighted by atomic mass is 10.1. The Morgan fingerprint density at radius 3 is 2.32 bits per heavy atom. The molecule has 7 nitrogen and oxygen atoms in total. The zero-order chi connectivity index (χ0) is 20.4. The predicted octanol–water partition coefficient (Wildman–Crippen LogP) is 2.75. The molecule has 0 radical (unpaired) electrons. The molecule has 0 aliphatic carbocycles. The number of carbonyl (C=O) groups excluding carboxylic acids is 2. The van der Waals surface area contributed by atoms with Gasteiger partial charge >= 0.3 is 5.97 Å².